The van der Waals surface area contributed by atoms with Crippen molar-refractivity contribution in [3.05, 3.63) is 59.9 Å². The van der Waals surface area contributed by atoms with E-state index in [-0.39, 0.29) is 17.0 Å². The van der Waals surface area contributed by atoms with Crippen LogP contribution in [0.15, 0.2) is 59.1 Å². The smallest absolute Gasteiger partial charge is 0.334 e. The molecule has 0 spiro atoms. The van der Waals surface area contributed by atoms with Crippen LogP contribution in [-0.2, 0) is 24.1 Å². The molecule has 0 fully saturated rings. The molecular weight excluding hydrogens is 390 g/mol. The standard InChI is InChI=1S/C22H29NO5S/c1-16(2)13-14-22(19-8-7-15-23-19,20(24)28-21(3,4)5)29(25,26)18-11-9-17(27-6)10-12-18/h7-13,15,23H,14H2,1-6H3. The van der Waals surface area contributed by atoms with Crippen LogP contribution >= 0.6 is 0 Å². The Morgan fingerprint density at radius 2 is 1.72 bits per heavy atom. The van der Waals surface area contributed by atoms with E-state index in [4.69, 9.17) is 9.47 Å². The van der Waals surface area contributed by atoms with Gasteiger partial charge in [-0.25, -0.2) is 13.2 Å². The quantitative estimate of drug-likeness (QED) is 0.531. The lowest BCUT2D eigenvalue weighted by atomic mass is 9.98. The highest BCUT2D eigenvalue weighted by Gasteiger charge is 2.55. The second-order valence-corrected chi connectivity index (χ2v) is 10.3. The number of aromatic nitrogens is 1. The molecule has 0 saturated heterocycles. The lowest BCUT2D eigenvalue weighted by Gasteiger charge is -2.33. The Balaban J connectivity index is 2.78. The number of nitrogens with one attached hydrogen (secondary N) is 1. The third kappa shape index (κ3) is 4.72. The summed E-state index contributed by atoms with van der Waals surface area (Å²) in [6.45, 7) is 8.85. The van der Waals surface area contributed by atoms with E-state index in [0.717, 1.165) is 5.57 Å². The lowest BCUT2D eigenvalue weighted by molar-refractivity contribution is -0.158. The van der Waals surface area contributed by atoms with Gasteiger partial charge in [0.2, 0.25) is 14.6 Å². The summed E-state index contributed by atoms with van der Waals surface area (Å²) in [4.78, 5) is 16.4. The van der Waals surface area contributed by atoms with E-state index in [1.807, 2.05) is 13.8 Å². The monoisotopic (exact) mass is 419 g/mol. The number of benzene rings is 1. The fourth-order valence-corrected chi connectivity index (χ4v) is 4.79. The molecule has 0 amide bonds. The van der Waals surface area contributed by atoms with E-state index >= 15 is 0 Å². The molecule has 1 atom stereocenters. The van der Waals surface area contributed by atoms with Crippen LogP contribution in [0.5, 0.6) is 5.75 Å². The third-order valence-electron chi connectivity index (χ3n) is 4.39. The van der Waals surface area contributed by atoms with E-state index in [1.54, 1.807) is 57.3 Å². The van der Waals surface area contributed by atoms with Crippen molar-refractivity contribution >= 4 is 15.8 Å². The molecule has 1 N–H and O–H groups in total. The SMILES string of the molecule is COc1ccc(S(=O)(=O)C(CC=C(C)C)(C(=O)OC(C)(C)C)c2ccc[nH]2)cc1. The summed E-state index contributed by atoms with van der Waals surface area (Å²) >= 11 is 0. The van der Waals surface area contributed by atoms with E-state index in [1.165, 1.54) is 19.2 Å². The molecule has 29 heavy (non-hydrogen) atoms. The van der Waals surface area contributed by atoms with Crippen LogP contribution in [0.25, 0.3) is 0 Å². The van der Waals surface area contributed by atoms with E-state index < -0.39 is 26.2 Å². The predicted octanol–water partition coefficient (Wildman–Crippen LogP) is 4.39. The Morgan fingerprint density at radius 3 is 2.17 bits per heavy atom. The highest BCUT2D eigenvalue weighted by atomic mass is 32.2. The van der Waals surface area contributed by atoms with Gasteiger partial charge in [0.1, 0.15) is 11.4 Å². The molecule has 0 aliphatic heterocycles. The van der Waals surface area contributed by atoms with E-state index in [2.05, 4.69) is 4.98 Å². The molecule has 2 aromatic rings. The summed E-state index contributed by atoms with van der Waals surface area (Å²) in [5.74, 6) is -0.295. The molecule has 158 valence electrons. The Hall–Kier alpha value is -2.54. The van der Waals surface area contributed by atoms with Crippen LogP contribution in [0.1, 0.15) is 46.7 Å². The maximum Gasteiger partial charge on any atom is 0.334 e. The van der Waals surface area contributed by atoms with Crippen LogP contribution in [0.2, 0.25) is 0 Å². The first-order valence-electron chi connectivity index (χ1n) is 9.33. The first-order chi connectivity index (χ1) is 13.4. The fraction of sp³-hybridized carbons (Fsp3) is 0.409. The lowest BCUT2D eigenvalue weighted by Crippen LogP contribution is -2.47. The van der Waals surface area contributed by atoms with Gasteiger partial charge in [-0.3, -0.25) is 0 Å². The van der Waals surface area contributed by atoms with Crippen LogP contribution in [-0.4, -0.2) is 32.1 Å². The number of hydrogen-bond acceptors (Lipinski definition) is 5. The van der Waals surface area contributed by atoms with Crippen molar-refractivity contribution in [2.24, 2.45) is 0 Å². The number of ether oxygens (including phenoxy) is 2. The minimum Gasteiger partial charge on any atom is -0.497 e. The molecule has 1 unspecified atom stereocenters. The number of hydrogen-bond donors (Lipinski definition) is 1. The van der Waals surface area contributed by atoms with Crippen molar-refractivity contribution in [3.8, 4) is 5.75 Å². The number of esters is 1. The molecular formula is C22H29NO5S. The minimum absolute atomic E-state index is 0.0147. The largest absolute Gasteiger partial charge is 0.497 e. The summed E-state index contributed by atoms with van der Waals surface area (Å²) in [5, 5.41) is 0. The van der Waals surface area contributed by atoms with Gasteiger partial charge in [0.15, 0.2) is 0 Å². The van der Waals surface area contributed by atoms with Crippen LogP contribution in [0.4, 0.5) is 0 Å². The predicted molar refractivity (Wildman–Crippen MR) is 113 cm³/mol. The second-order valence-electron chi connectivity index (χ2n) is 8.08. The molecule has 0 saturated carbocycles. The van der Waals surface area contributed by atoms with Gasteiger partial charge >= 0.3 is 5.97 Å². The molecule has 1 heterocycles. The van der Waals surface area contributed by atoms with Crippen molar-refractivity contribution in [3.63, 3.8) is 0 Å². The highest BCUT2D eigenvalue weighted by molar-refractivity contribution is 7.93. The number of rotatable bonds is 7. The van der Waals surface area contributed by atoms with Crippen LogP contribution in [0, 0.1) is 0 Å². The Kier molecular flexibility index (Phi) is 6.63. The molecule has 0 aliphatic rings. The van der Waals surface area contributed by atoms with Gasteiger partial charge in [0.05, 0.1) is 12.0 Å². The summed E-state index contributed by atoms with van der Waals surface area (Å²) in [7, 11) is -2.68. The number of carbonyl (C=O) groups excluding carboxylic acids is 1. The fourth-order valence-electron chi connectivity index (χ4n) is 2.91. The summed E-state index contributed by atoms with van der Waals surface area (Å²) in [5.41, 5.74) is 0.310. The summed E-state index contributed by atoms with van der Waals surface area (Å²) in [6, 6.07) is 9.27. The Labute approximate surface area is 172 Å². The highest BCUT2D eigenvalue weighted by Crippen LogP contribution is 2.41. The molecule has 1 aromatic carbocycles. The van der Waals surface area contributed by atoms with Crippen molar-refractivity contribution in [1.29, 1.82) is 0 Å². The zero-order chi connectivity index (χ0) is 21.9. The molecule has 1 aromatic heterocycles. The average molecular weight is 420 g/mol. The molecule has 7 heteroatoms. The molecule has 2 rings (SSSR count). The summed E-state index contributed by atoms with van der Waals surface area (Å²) in [6.07, 6.45) is 3.28. The van der Waals surface area contributed by atoms with Crippen molar-refractivity contribution in [1.82, 2.24) is 4.98 Å². The second kappa shape index (κ2) is 8.45. The number of allylic oxidation sites excluding steroid dienone is 2. The van der Waals surface area contributed by atoms with Crippen LogP contribution in [0.3, 0.4) is 0 Å². The zero-order valence-electron chi connectivity index (χ0n) is 17.8. The molecule has 0 bridgehead atoms. The first kappa shape index (κ1) is 22.7. The molecule has 0 aliphatic carbocycles. The Morgan fingerprint density at radius 1 is 1.10 bits per heavy atom. The van der Waals surface area contributed by atoms with Crippen molar-refractivity contribution in [2.75, 3.05) is 7.11 Å². The third-order valence-corrected chi connectivity index (χ3v) is 6.75. The first-order valence-corrected chi connectivity index (χ1v) is 10.8. The van der Waals surface area contributed by atoms with Gasteiger partial charge in [0.25, 0.3) is 0 Å². The van der Waals surface area contributed by atoms with Crippen LogP contribution < -0.4 is 4.74 Å². The number of methoxy groups -OCH3 is 1. The van der Waals surface area contributed by atoms with E-state index in [9.17, 15) is 13.2 Å². The zero-order valence-corrected chi connectivity index (χ0v) is 18.6. The summed E-state index contributed by atoms with van der Waals surface area (Å²) < 4.78 is 36.6. The van der Waals surface area contributed by atoms with Crippen molar-refractivity contribution < 1.29 is 22.7 Å². The maximum atomic E-state index is 13.9. The normalized spacial score (nSPS) is 14.0. The Bertz CT molecular complexity index is 963. The number of H-pyrrole nitrogens is 1. The van der Waals surface area contributed by atoms with Gasteiger partial charge in [-0.2, -0.15) is 0 Å². The minimum atomic E-state index is -4.18. The average Bonchev–Trinajstić information content (AvgIpc) is 3.15. The number of sulfone groups is 1. The number of aromatic amines is 1. The van der Waals surface area contributed by atoms with Crippen molar-refractivity contribution in [2.45, 2.75) is 56.3 Å². The topological polar surface area (TPSA) is 85.5 Å². The van der Waals surface area contributed by atoms with E-state index in [0.29, 0.717) is 5.75 Å². The molecule has 0 radical (unpaired) electrons. The number of carbonyl (C=O) groups is 1. The molecule has 6 nitrogen and oxygen atoms in total. The van der Waals surface area contributed by atoms with Gasteiger partial charge in [-0.15, -0.1) is 0 Å². The van der Waals surface area contributed by atoms with Gasteiger partial charge in [-0.05, 0) is 71.0 Å². The van der Waals surface area contributed by atoms with Gasteiger partial charge in [0, 0.05) is 18.3 Å². The van der Waals surface area contributed by atoms with Gasteiger partial charge < -0.3 is 14.5 Å². The maximum absolute atomic E-state index is 13.9. The van der Waals surface area contributed by atoms with Gasteiger partial charge in [-0.1, -0.05) is 11.6 Å².